The van der Waals surface area contributed by atoms with Gasteiger partial charge in [-0.1, -0.05) is 45.4 Å². The third kappa shape index (κ3) is 4.77. The Morgan fingerprint density at radius 3 is 2.69 bits per heavy atom. The quantitative estimate of drug-likeness (QED) is 0.657. The highest BCUT2D eigenvalue weighted by atomic mass is 16.5. The molecular formula is C21H31NO4. The van der Waals surface area contributed by atoms with E-state index >= 15 is 0 Å². The molecule has 0 N–H and O–H groups in total. The lowest BCUT2D eigenvalue weighted by molar-refractivity contribution is -0.158. The molecule has 1 amide bonds. The molecule has 0 saturated carbocycles. The highest BCUT2D eigenvalue weighted by Crippen LogP contribution is 2.41. The van der Waals surface area contributed by atoms with Crippen molar-refractivity contribution in [3.05, 3.63) is 29.8 Å². The molecule has 2 unspecified atom stereocenters. The average molecular weight is 361 g/mol. The van der Waals surface area contributed by atoms with Gasteiger partial charge in [-0.2, -0.15) is 0 Å². The van der Waals surface area contributed by atoms with Crippen molar-refractivity contribution in [3.63, 3.8) is 0 Å². The number of hydrogen-bond donors (Lipinski definition) is 0. The number of nitrogens with zero attached hydrogens (tertiary/aromatic N) is 1. The van der Waals surface area contributed by atoms with E-state index in [-0.39, 0.29) is 29.8 Å². The Balaban J connectivity index is 2.38. The Labute approximate surface area is 156 Å². The second-order valence-electron chi connectivity index (χ2n) is 7.30. The van der Waals surface area contributed by atoms with Gasteiger partial charge in [0.05, 0.1) is 25.7 Å². The standard InChI is InChI=1S/C21H31NO4/c1-5-6-13-22-19(23)12-11-17(21(24)26-14-15(2)3)20(22)16-9-7-8-10-18(16)25-4/h7-10,15,17,20H,5-6,11-14H2,1-4H3. The van der Waals surface area contributed by atoms with Crippen LogP contribution in [0.25, 0.3) is 0 Å². The molecule has 1 saturated heterocycles. The number of likely N-dealkylation sites (tertiary alicyclic amines) is 1. The van der Waals surface area contributed by atoms with Crippen molar-refractivity contribution in [2.24, 2.45) is 11.8 Å². The van der Waals surface area contributed by atoms with Crippen molar-refractivity contribution in [1.29, 1.82) is 0 Å². The molecule has 0 bridgehead atoms. The van der Waals surface area contributed by atoms with Crippen molar-refractivity contribution < 1.29 is 19.1 Å². The van der Waals surface area contributed by atoms with Crippen LogP contribution in [-0.2, 0) is 14.3 Å². The maximum Gasteiger partial charge on any atom is 0.311 e. The lowest BCUT2D eigenvalue weighted by Gasteiger charge is -2.41. The van der Waals surface area contributed by atoms with Crippen molar-refractivity contribution in [1.82, 2.24) is 4.90 Å². The normalized spacial score (nSPS) is 20.3. The van der Waals surface area contributed by atoms with Gasteiger partial charge in [-0.05, 0) is 24.8 Å². The third-order valence-corrected chi connectivity index (χ3v) is 4.78. The Hall–Kier alpha value is -2.04. The van der Waals surface area contributed by atoms with Gasteiger partial charge >= 0.3 is 5.97 Å². The van der Waals surface area contributed by atoms with E-state index in [1.54, 1.807) is 7.11 Å². The summed E-state index contributed by atoms with van der Waals surface area (Å²) in [6.45, 7) is 7.18. The molecule has 2 atom stereocenters. The maximum atomic E-state index is 12.8. The molecule has 5 heteroatoms. The minimum Gasteiger partial charge on any atom is -0.496 e. The minimum absolute atomic E-state index is 0.0993. The van der Waals surface area contributed by atoms with Gasteiger partial charge in [0.2, 0.25) is 5.91 Å². The van der Waals surface area contributed by atoms with E-state index in [4.69, 9.17) is 9.47 Å². The van der Waals surface area contributed by atoms with Gasteiger partial charge in [0, 0.05) is 18.5 Å². The van der Waals surface area contributed by atoms with Crippen LogP contribution in [0.5, 0.6) is 5.75 Å². The molecule has 144 valence electrons. The monoisotopic (exact) mass is 361 g/mol. The van der Waals surface area contributed by atoms with Gasteiger partial charge in [0.25, 0.3) is 0 Å². The number of carbonyl (C=O) groups is 2. The molecular weight excluding hydrogens is 330 g/mol. The summed E-state index contributed by atoms with van der Waals surface area (Å²) < 4.78 is 11.1. The minimum atomic E-state index is -0.361. The zero-order chi connectivity index (χ0) is 19.1. The first-order valence-corrected chi connectivity index (χ1v) is 9.58. The summed E-state index contributed by atoms with van der Waals surface area (Å²) in [5.74, 6) is 0.505. The van der Waals surface area contributed by atoms with Gasteiger partial charge in [0.1, 0.15) is 5.75 Å². The number of methoxy groups -OCH3 is 1. The van der Waals surface area contributed by atoms with Crippen LogP contribution >= 0.6 is 0 Å². The highest BCUT2D eigenvalue weighted by molar-refractivity contribution is 5.82. The van der Waals surface area contributed by atoms with E-state index in [0.717, 1.165) is 18.4 Å². The smallest absolute Gasteiger partial charge is 0.311 e. The first kappa shape index (κ1) is 20.3. The lowest BCUT2D eigenvalue weighted by atomic mass is 9.83. The number of carbonyl (C=O) groups excluding carboxylic acids is 2. The molecule has 26 heavy (non-hydrogen) atoms. The van der Waals surface area contributed by atoms with E-state index < -0.39 is 0 Å². The number of esters is 1. The Kier molecular flexibility index (Phi) is 7.49. The molecule has 1 fully saturated rings. The van der Waals surface area contributed by atoms with E-state index in [9.17, 15) is 9.59 Å². The number of benzene rings is 1. The van der Waals surface area contributed by atoms with Crippen LogP contribution in [0.2, 0.25) is 0 Å². The molecule has 5 nitrogen and oxygen atoms in total. The summed E-state index contributed by atoms with van der Waals surface area (Å²) in [5, 5.41) is 0. The fourth-order valence-corrected chi connectivity index (χ4v) is 3.44. The number of piperidine rings is 1. The molecule has 1 aromatic carbocycles. The largest absolute Gasteiger partial charge is 0.496 e. The fraction of sp³-hybridized carbons (Fsp3) is 0.619. The summed E-state index contributed by atoms with van der Waals surface area (Å²) in [6.07, 6.45) is 2.80. The third-order valence-electron chi connectivity index (χ3n) is 4.78. The molecule has 1 aliphatic heterocycles. The van der Waals surface area contributed by atoms with Crippen LogP contribution in [0, 0.1) is 11.8 Å². The number of hydrogen-bond acceptors (Lipinski definition) is 4. The van der Waals surface area contributed by atoms with Crippen molar-refractivity contribution in [3.8, 4) is 5.75 Å². The van der Waals surface area contributed by atoms with E-state index in [2.05, 4.69) is 6.92 Å². The Morgan fingerprint density at radius 2 is 2.04 bits per heavy atom. The predicted octanol–water partition coefficient (Wildman–Crippen LogP) is 3.97. The number of rotatable bonds is 8. The van der Waals surface area contributed by atoms with Crippen LogP contribution in [0.1, 0.15) is 58.1 Å². The van der Waals surface area contributed by atoms with Crippen molar-refractivity contribution >= 4 is 11.9 Å². The topological polar surface area (TPSA) is 55.8 Å². The highest BCUT2D eigenvalue weighted by Gasteiger charge is 2.42. The Bertz CT molecular complexity index is 614. The summed E-state index contributed by atoms with van der Waals surface area (Å²) in [6, 6.07) is 7.31. The van der Waals surface area contributed by atoms with Gasteiger partial charge in [-0.15, -0.1) is 0 Å². The summed E-state index contributed by atoms with van der Waals surface area (Å²) in [7, 11) is 1.62. The van der Waals surface area contributed by atoms with E-state index in [1.165, 1.54) is 0 Å². The van der Waals surface area contributed by atoms with Crippen LogP contribution in [0.15, 0.2) is 24.3 Å². The average Bonchev–Trinajstić information content (AvgIpc) is 2.64. The van der Waals surface area contributed by atoms with Gasteiger partial charge in [-0.25, -0.2) is 0 Å². The SMILES string of the molecule is CCCCN1C(=O)CCC(C(=O)OCC(C)C)C1c1ccccc1OC. The van der Waals surface area contributed by atoms with Gasteiger partial charge < -0.3 is 14.4 Å². The van der Waals surface area contributed by atoms with Gasteiger partial charge in [0.15, 0.2) is 0 Å². The number of amides is 1. The molecule has 0 radical (unpaired) electrons. The van der Waals surface area contributed by atoms with Crippen LogP contribution < -0.4 is 4.74 Å². The summed E-state index contributed by atoms with van der Waals surface area (Å²) in [5.41, 5.74) is 0.880. The predicted molar refractivity (Wildman–Crippen MR) is 101 cm³/mol. The number of ether oxygens (including phenoxy) is 2. The number of unbranched alkanes of at least 4 members (excludes halogenated alkanes) is 1. The molecule has 1 heterocycles. The number of para-hydroxylation sites is 1. The first-order valence-electron chi connectivity index (χ1n) is 9.58. The summed E-state index contributed by atoms with van der Waals surface area (Å²) in [4.78, 5) is 27.3. The lowest BCUT2D eigenvalue weighted by Crippen LogP contribution is -2.46. The maximum absolute atomic E-state index is 12.8. The molecule has 1 aliphatic rings. The Morgan fingerprint density at radius 1 is 1.31 bits per heavy atom. The van der Waals surface area contributed by atoms with Crippen molar-refractivity contribution in [2.45, 2.75) is 52.5 Å². The molecule has 0 aliphatic carbocycles. The van der Waals surface area contributed by atoms with Crippen LogP contribution in [0.4, 0.5) is 0 Å². The van der Waals surface area contributed by atoms with Gasteiger partial charge in [-0.3, -0.25) is 9.59 Å². The molecule has 0 spiro atoms. The summed E-state index contributed by atoms with van der Waals surface area (Å²) >= 11 is 0. The van der Waals surface area contributed by atoms with Crippen LogP contribution in [-0.4, -0.2) is 37.0 Å². The fourth-order valence-electron chi connectivity index (χ4n) is 3.44. The second-order valence-corrected chi connectivity index (χ2v) is 7.30. The van der Waals surface area contributed by atoms with Crippen molar-refractivity contribution in [2.75, 3.05) is 20.3 Å². The zero-order valence-corrected chi connectivity index (χ0v) is 16.4. The molecule has 1 aromatic rings. The van der Waals surface area contributed by atoms with E-state index in [0.29, 0.717) is 31.7 Å². The molecule has 2 rings (SSSR count). The van der Waals surface area contributed by atoms with Crippen LogP contribution in [0.3, 0.4) is 0 Å². The first-order chi connectivity index (χ1) is 12.5. The molecule has 0 aromatic heterocycles. The van der Waals surface area contributed by atoms with E-state index in [1.807, 2.05) is 43.0 Å². The second kappa shape index (κ2) is 9.60. The zero-order valence-electron chi connectivity index (χ0n) is 16.4.